The maximum Gasteiger partial charge on any atom is 0.356 e. The van der Waals surface area contributed by atoms with Crippen LogP contribution in [0.2, 0.25) is 0 Å². The Morgan fingerprint density at radius 3 is 2.90 bits per heavy atom. The summed E-state index contributed by atoms with van der Waals surface area (Å²) in [5.74, 6) is -1.66. The lowest BCUT2D eigenvalue weighted by atomic mass is 10.2. The van der Waals surface area contributed by atoms with Crippen molar-refractivity contribution < 1.29 is 19.5 Å². The minimum Gasteiger partial charge on any atom is -0.476 e. The average Bonchev–Trinajstić information content (AvgIpc) is 2.64. The van der Waals surface area contributed by atoms with Crippen LogP contribution in [0.5, 0.6) is 0 Å². The van der Waals surface area contributed by atoms with Crippen molar-refractivity contribution in [1.82, 2.24) is 9.88 Å². The fourth-order valence-corrected chi connectivity index (χ4v) is 2.25. The molecule has 7 heteroatoms. The third kappa shape index (κ3) is 4.01. The molecule has 0 atom stereocenters. The number of hydrogen-bond acceptors (Lipinski definition) is 4. The Hall–Kier alpha value is -2.44. The number of aromatic carboxylic acids is 1. The fraction of sp³-hybridized carbons (Fsp3) is 0.429. The summed E-state index contributed by atoms with van der Waals surface area (Å²) >= 11 is 0. The minimum absolute atomic E-state index is 0.0349. The minimum atomic E-state index is -1.21. The molecule has 1 aliphatic rings. The first-order valence-corrected chi connectivity index (χ1v) is 6.84. The topological polar surface area (TPSA) is 99.6 Å². The zero-order chi connectivity index (χ0) is 15.2. The molecule has 0 unspecified atom stereocenters. The van der Waals surface area contributed by atoms with Crippen LogP contribution in [0.1, 0.15) is 36.2 Å². The van der Waals surface area contributed by atoms with Crippen LogP contribution in [-0.2, 0) is 9.59 Å². The van der Waals surface area contributed by atoms with Crippen LogP contribution in [0.4, 0.5) is 5.69 Å². The Morgan fingerprint density at radius 2 is 2.14 bits per heavy atom. The van der Waals surface area contributed by atoms with E-state index in [1.807, 2.05) is 0 Å². The first-order valence-electron chi connectivity index (χ1n) is 6.84. The van der Waals surface area contributed by atoms with Crippen LogP contribution in [0.3, 0.4) is 0 Å². The fourth-order valence-electron chi connectivity index (χ4n) is 2.25. The Kier molecular flexibility index (Phi) is 4.86. The lowest BCUT2D eigenvalue weighted by Gasteiger charge is -2.19. The summed E-state index contributed by atoms with van der Waals surface area (Å²) in [5.41, 5.74) is -0.0784. The predicted octanol–water partition coefficient (Wildman–Crippen LogP) is 1.12. The molecular weight excluding hydrogens is 274 g/mol. The van der Waals surface area contributed by atoms with Crippen molar-refractivity contribution in [2.24, 2.45) is 0 Å². The van der Waals surface area contributed by atoms with Gasteiger partial charge in [-0.2, -0.15) is 0 Å². The van der Waals surface area contributed by atoms with Crippen molar-refractivity contribution in [3.8, 4) is 0 Å². The number of hydrogen-bond donors (Lipinski definition) is 2. The zero-order valence-electron chi connectivity index (χ0n) is 11.5. The normalized spacial score (nSPS) is 15.4. The molecule has 1 fully saturated rings. The van der Waals surface area contributed by atoms with E-state index in [-0.39, 0.29) is 23.8 Å². The standard InChI is InChI=1S/C14H17N3O4/c18-11(9-17-8-3-1-2-6-12(17)19)16-10-5-4-7-15-13(10)14(20)21/h4-5,7H,1-3,6,8-9H2,(H,16,18)(H,20,21). The molecule has 112 valence electrons. The molecule has 1 aliphatic heterocycles. The molecule has 7 nitrogen and oxygen atoms in total. The van der Waals surface area contributed by atoms with Crippen molar-refractivity contribution in [1.29, 1.82) is 0 Å². The van der Waals surface area contributed by atoms with Crippen LogP contribution in [-0.4, -0.2) is 45.9 Å². The molecule has 0 bridgehead atoms. The van der Waals surface area contributed by atoms with Gasteiger partial charge in [-0.25, -0.2) is 9.78 Å². The molecule has 0 saturated carbocycles. The van der Waals surface area contributed by atoms with Crippen LogP contribution < -0.4 is 5.32 Å². The summed E-state index contributed by atoms with van der Waals surface area (Å²) in [6, 6.07) is 3.01. The Labute approximate surface area is 122 Å². The number of carbonyl (C=O) groups excluding carboxylic acids is 2. The van der Waals surface area contributed by atoms with Gasteiger partial charge in [0.25, 0.3) is 0 Å². The Bertz CT molecular complexity index is 559. The van der Waals surface area contributed by atoms with Gasteiger partial charge in [-0.1, -0.05) is 6.42 Å². The van der Waals surface area contributed by atoms with Crippen molar-refractivity contribution >= 4 is 23.5 Å². The van der Waals surface area contributed by atoms with Gasteiger partial charge in [-0.3, -0.25) is 9.59 Å². The third-order valence-corrected chi connectivity index (χ3v) is 3.29. The summed E-state index contributed by atoms with van der Waals surface area (Å²) in [4.78, 5) is 40.0. The Balaban J connectivity index is 2.01. The predicted molar refractivity (Wildman–Crippen MR) is 74.9 cm³/mol. The number of pyridine rings is 1. The highest BCUT2D eigenvalue weighted by Gasteiger charge is 2.20. The van der Waals surface area contributed by atoms with E-state index in [0.29, 0.717) is 13.0 Å². The summed E-state index contributed by atoms with van der Waals surface area (Å²) in [6.45, 7) is 0.498. The van der Waals surface area contributed by atoms with Gasteiger partial charge >= 0.3 is 5.97 Å². The van der Waals surface area contributed by atoms with E-state index in [1.54, 1.807) is 6.07 Å². The number of likely N-dealkylation sites (tertiary alicyclic amines) is 1. The van der Waals surface area contributed by atoms with E-state index in [9.17, 15) is 14.4 Å². The van der Waals surface area contributed by atoms with Gasteiger partial charge in [-0.15, -0.1) is 0 Å². The largest absolute Gasteiger partial charge is 0.476 e. The highest BCUT2D eigenvalue weighted by atomic mass is 16.4. The van der Waals surface area contributed by atoms with Gasteiger partial charge in [0.05, 0.1) is 12.2 Å². The highest BCUT2D eigenvalue weighted by molar-refractivity contribution is 6.00. The van der Waals surface area contributed by atoms with Gasteiger partial charge in [-0.05, 0) is 25.0 Å². The monoisotopic (exact) mass is 291 g/mol. The zero-order valence-corrected chi connectivity index (χ0v) is 11.5. The molecule has 2 N–H and O–H groups in total. The maximum atomic E-state index is 12.0. The number of nitrogens with one attached hydrogen (secondary N) is 1. The first kappa shape index (κ1) is 15.0. The number of carboxylic acids is 1. The highest BCUT2D eigenvalue weighted by Crippen LogP contribution is 2.14. The number of carbonyl (C=O) groups is 3. The number of rotatable bonds is 4. The van der Waals surface area contributed by atoms with E-state index in [4.69, 9.17) is 5.11 Å². The summed E-state index contributed by atoms with van der Waals surface area (Å²) in [7, 11) is 0. The molecule has 0 aliphatic carbocycles. The van der Waals surface area contributed by atoms with Gasteiger partial charge in [0.15, 0.2) is 5.69 Å². The van der Waals surface area contributed by atoms with E-state index < -0.39 is 11.9 Å². The number of anilines is 1. The summed E-state index contributed by atoms with van der Waals surface area (Å²) in [6.07, 6.45) is 4.52. The Morgan fingerprint density at radius 1 is 1.33 bits per heavy atom. The lowest BCUT2D eigenvalue weighted by Crippen LogP contribution is -2.37. The quantitative estimate of drug-likeness (QED) is 0.866. The van der Waals surface area contributed by atoms with E-state index in [1.165, 1.54) is 17.2 Å². The molecule has 0 aromatic carbocycles. The van der Waals surface area contributed by atoms with Gasteiger partial charge in [0.1, 0.15) is 0 Å². The summed E-state index contributed by atoms with van der Waals surface area (Å²) in [5, 5.41) is 11.5. The molecule has 2 amide bonds. The number of aromatic nitrogens is 1. The number of carboxylic acid groups (broad SMARTS) is 1. The molecule has 21 heavy (non-hydrogen) atoms. The van der Waals surface area contributed by atoms with Crippen molar-refractivity contribution in [3.05, 3.63) is 24.0 Å². The molecule has 1 aromatic rings. The van der Waals surface area contributed by atoms with E-state index >= 15 is 0 Å². The first-order chi connectivity index (χ1) is 10.1. The van der Waals surface area contributed by atoms with Gasteiger partial charge in [0, 0.05) is 19.2 Å². The molecule has 0 spiro atoms. The second-order valence-electron chi connectivity index (χ2n) is 4.88. The number of nitrogens with zero attached hydrogens (tertiary/aromatic N) is 2. The summed E-state index contributed by atoms with van der Waals surface area (Å²) < 4.78 is 0. The molecule has 1 aromatic heterocycles. The smallest absolute Gasteiger partial charge is 0.356 e. The van der Waals surface area contributed by atoms with Crippen LogP contribution in [0, 0.1) is 0 Å². The molecule has 0 radical (unpaired) electrons. The second kappa shape index (κ2) is 6.83. The van der Waals surface area contributed by atoms with Crippen molar-refractivity contribution in [2.45, 2.75) is 25.7 Å². The van der Waals surface area contributed by atoms with Crippen molar-refractivity contribution in [2.75, 3.05) is 18.4 Å². The lowest BCUT2D eigenvalue weighted by molar-refractivity contribution is -0.134. The molecule has 1 saturated heterocycles. The molecule has 2 rings (SSSR count). The number of amides is 2. The average molecular weight is 291 g/mol. The molecule has 2 heterocycles. The maximum absolute atomic E-state index is 12.0. The van der Waals surface area contributed by atoms with Crippen LogP contribution in [0.25, 0.3) is 0 Å². The van der Waals surface area contributed by atoms with Gasteiger partial charge < -0.3 is 15.3 Å². The SMILES string of the molecule is O=C(CN1CCCCCC1=O)Nc1cccnc1C(=O)O. The third-order valence-electron chi connectivity index (χ3n) is 3.29. The van der Waals surface area contributed by atoms with Gasteiger partial charge in [0.2, 0.25) is 11.8 Å². The van der Waals surface area contributed by atoms with E-state index in [0.717, 1.165) is 19.3 Å². The second-order valence-corrected chi connectivity index (χ2v) is 4.88. The van der Waals surface area contributed by atoms with E-state index in [2.05, 4.69) is 10.3 Å². The molecular formula is C14H17N3O4. The van der Waals surface area contributed by atoms with Crippen molar-refractivity contribution in [3.63, 3.8) is 0 Å². The van der Waals surface area contributed by atoms with Crippen LogP contribution in [0.15, 0.2) is 18.3 Å². The van der Waals surface area contributed by atoms with Crippen LogP contribution >= 0.6 is 0 Å².